The zero-order chi connectivity index (χ0) is 7.82. The van der Waals surface area contributed by atoms with E-state index in [4.69, 9.17) is 5.11 Å². The molecule has 10 heavy (non-hydrogen) atoms. The van der Waals surface area contributed by atoms with Crippen LogP contribution in [0, 0.1) is 5.92 Å². The highest BCUT2D eigenvalue weighted by atomic mass is 127. The molecule has 0 aromatic heterocycles. The van der Waals surface area contributed by atoms with Gasteiger partial charge in [0.15, 0.2) is 0 Å². The summed E-state index contributed by atoms with van der Waals surface area (Å²) in [5.41, 5.74) is 0. The van der Waals surface area contributed by atoms with Gasteiger partial charge in [-0.05, 0) is 23.2 Å². The third-order valence-electron chi connectivity index (χ3n) is 1.71. The van der Waals surface area contributed by atoms with Crippen molar-refractivity contribution in [2.75, 3.05) is 11.0 Å². The van der Waals surface area contributed by atoms with Gasteiger partial charge in [0.25, 0.3) is 0 Å². The summed E-state index contributed by atoms with van der Waals surface area (Å²) in [6.07, 6.45) is 4.77. The summed E-state index contributed by atoms with van der Waals surface area (Å²) < 4.78 is 1.26. The molecular formula is C8H17IO. The van der Waals surface area contributed by atoms with E-state index in [0.717, 1.165) is 12.3 Å². The summed E-state index contributed by atoms with van der Waals surface area (Å²) in [6.45, 7) is 2.65. The number of rotatable bonds is 6. The Morgan fingerprint density at radius 2 is 2.00 bits per heavy atom. The largest absolute Gasteiger partial charge is 0.396 e. The van der Waals surface area contributed by atoms with E-state index < -0.39 is 0 Å². The van der Waals surface area contributed by atoms with Crippen LogP contribution in [0.25, 0.3) is 0 Å². The molecule has 0 aliphatic carbocycles. The maximum atomic E-state index is 8.51. The molecule has 0 aromatic rings. The van der Waals surface area contributed by atoms with Crippen LogP contribution in [-0.4, -0.2) is 16.1 Å². The number of alkyl halides is 1. The van der Waals surface area contributed by atoms with E-state index in [1.54, 1.807) is 0 Å². The van der Waals surface area contributed by atoms with Crippen LogP contribution in [0.15, 0.2) is 0 Å². The van der Waals surface area contributed by atoms with E-state index in [-0.39, 0.29) is 0 Å². The van der Waals surface area contributed by atoms with Crippen molar-refractivity contribution in [1.82, 2.24) is 0 Å². The molecule has 1 atom stereocenters. The molecule has 0 fully saturated rings. The van der Waals surface area contributed by atoms with Gasteiger partial charge in [0, 0.05) is 6.61 Å². The monoisotopic (exact) mass is 256 g/mol. The zero-order valence-electron chi connectivity index (χ0n) is 6.65. The standard InChI is InChI=1S/C8H17IO/c1-8(5-6-9)4-2-3-7-10/h8,10H,2-7H2,1H3. The van der Waals surface area contributed by atoms with Gasteiger partial charge in [-0.15, -0.1) is 0 Å². The number of aliphatic hydroxyl groups excluding tert-OH is 1. The van der Waals surface area contributed by atoms with E-state index in [2.05, 4.69) is 29.5 Å². The van der Waals surface area contributed by atoms with Crippen molar-refractivity contribution in [3.8, 4) is 0 Å². The Morgan fingerprint density at radius 3 is 2.50 bits per heavy atom. The lowest BCUT2D eigenvalue weighted by Crippen LogP contribution is -1.95. The van der Waals surface area contributed by atoms with Gasteiger partial charge in [-0.2, -0.15) is 0 Å². The summed E-state index contributed by atoms with van der Waals surface area (Å²) in [5.74, 6) is 0.850. The lowest BCUT2D eigenvalue weighted by atomic mass is 10.0. The van der Waals surface area contributed by atoms with Crippen molar-refractivity contribution in [1.29, 1.82) is 0 Å². The van der Waals surface area contributed by atoms with E-state index in [9.17, 15) is 0 Å². The quantitative estimate of drug-likeness (QED) is 0.440. The first-order chi connectivity index (χ1) is 4.81. The van der Waals surface area contributed by atoms with Gasteiger partial charge in [0.1, 0.15) is 0 Å². The summed E-state index contributed by atoms with van der Waals surface area (Å²) in [4.78, 5) is 0. The number of hydrogen-bond acceptors (Lipinski definition) is 1. The molecule has 0 aliphatic rings. The molecule has 0 aromatic carbocycles. The molecule has 0 heterocycles. The van der Waals surface area contributed by atoms with Crippen LogP contribution in [0.1, 0.15) is 32.6 Å². The van der Waals surface area contributed by atoms with Gasteiger partial charge in [-0.1, -0.05) is 42.4 Å². The highest BCUT2D eigenvalue weighted by Crippen LogP contribution is 2.12. The first-order valence-corrected chi connectivity index (χ1v) is 5.50. The fraction of sp³-hybridized carbons (Fsp3) is 1.00. The average Bonchev–Trinajstić information content (AvgIpc) is 1.89. The fourth-order valence-electron chi connectivity index (χ4n) is 0.935. The molecule has 0 bridgehead atoms. The Hall–Kier alpha value is 0.690. The van der Waals surface area contributed by atoms with Crippen LogP contribution in [-0.2, 0) is 0 Å². The van der Waals surface area contributed by atoms with E-state index >= 15 is 0 Å². The molecule has 1 N–H and O–H groups in total. The molecule has 0 radical (unpaired) electrons. The van der Waals surface area contributed by atoms with Crippen LogP contribution in [0.3, 0.4) is 0 Å². The average molecular weight is 256 g/mol. The number of aliphatic hydroxyl groups is 1. The maximum Gasteiger partial charge on any atom is 0.0431 e. The van der Waals surface area contributed by atoms with Gasteiger partial charge in [0.05, 0.1) is 0 Å². The Morgan fingerprint density at radius 1 is 1.30 bits per heavy atom. The summed E-state index contributed by atoms with van der Waals surface area (Å²) in [7, 11) is 0. The Bertz CT molecular complexity index is 66.3. The van der Waals surface area contributed by atoms with Gasteiger partial charge in [-0.3, -0.25) is 0 Å². The van der Waals surface area contributed by atoms with Crippen LogP contribution in [0.2, 0.25) is 0 Å². The lowest BCUT2D eigenvalue weighted by Gasteiger charge is -2.07. The second-order valence-corrected chi connectivity index (χ2v) is 3.88. The molecule has 0 rings (SSSR count). The van der Waals surface area contributed by atoms with E-state index in [0.29, 0.717) is 6.61 Å². The second-order valence-electron chi connectivity index (χ2n) is 2.80. The van der Waals surface area contributed by atoms with Crippen LogP contribution >= 0.6 is 22.6 Å². The second kappa shape index (κ2) is 7.79. The predicted octanol–water partition coefficient (Wildman–Crippen LogP) is 2.61. The minimum absolute atomic E-state index is 0.358. The number of hydrogen-bond donors (Lipinski definition) is 1. The van der Waals surface area contributed by atoms with Gasteiger partial charge in [0.2, 0.25) is 0 Å². The smallest absolute Gasteiger partial charge is 0.0431 e. The fourth-order valence-corrected chi connectivity index (χ4v) is 2.00. The minimum atomic E-state index is 0.358. The van der Waals surface area contributed by atoms with Crippen molar-refractivity contribution in [3.63, 3.8) is 0 Å². The predicted molar refractivity (Wildman–Crippen MR) is 53.6 cm³/mol. The summed E-state index contributed by atoms with van der Waals surface area (Å²) in [5, 5.41) is 8.51. The molecule has 0 saturated heterocycles. The molecular weight excluding hydrogens is 239 g/mol. The first kappa shape index (κ1) is 10.7. The van der Waals surface area contributed by atoms with Crippen molar-refractivity contribution >= 4 is 22.6 Å². The minimum Gasteiger partial charge on any atom is -0.396 e. The van der Waals surface area contributed by atoms with Crippen molar-refractivity contribution in [2.45, 2.75) is 32.6 Å². The van der Waals surface area contributed by atoms with Crippen LogP contribution in [0.4, 0.5) is 0 Å². The molecule has 0 spiro atoms. The topological polar surface area (TPSA) is 20.2 Å². The van der Waals surface area contributed by atoms with Crippen molar-refractivity contribution in [3.05, 3.63) is 0 Å². The summed E-state index contributed by atoms with van der Waals surface area (Å²) in [6, 6.07) is 0. The maximum absolute atomic E-state index is 8.51. The third kappa shape index (κ3) is 6.81. The van der Waals surface area contributed by atoms with Crippen LogP contribution < -0.4 is 0 Å². The lowest BCUT2D eigenvalue weighted by molar-refractivity contribution is 0.278. The molecule has 0 saturated carbocycles. The zero-order valence-corrected chi connectivity index (χ0v) is 8.80. The highest BCUT2D eigenvalue weighted by Gasteiger charge is 1.99. The summed E-state index contributed by atoms with van der Waals surface area (Å²) >= 11 is 2.41. The molecule has 2 heteroatoms. The van der Waals surface area contributed by atoms with Gasteiger partial charge >= 0.3 is 0 Å². The number of halogens is 1. The normalized spacial score (nSPS) is 13.5. The third-order valence-corrected chi connectivity index (χ3v) is 2.33. The van der Waals surface area contributed by atoms with Gasteiger partial charge in [-0.25, -0.2) is 0 Å². The molecule has 0 amide bonds. The SMILES string of the molecule is CC(CCI)CCCCO. The Kier molecular flexibility index (Phi) is 8.33. The van der Waals surface area contributed by atoms with Crippen molar-refractivity contribution in [2.24, 2.45) is 5.92 Å². The van der Waals surface area contributed by atoms with Crippen LogP contribution in [0.5, 0.6) is 0 Å². The number of unbranched alkanes of at least 4 members (excludes halogenated alkanes) is 1. The molecule has 1 unspecified atom stereocenters. The Balaban J connectivity index is 2.97. The molecule has 62 valence electrons. The molecule has 0 aliphatic heterocycles. The Labute approximate surface area is 77.3 Å². The van der Waals surface area contributed by atoms with Crippen molar-refractivity contribution < 1.29 is 5.11 Å². The highest BCUT2D eigenvalue weighted by molar-refractivity contribution is 14.1. The van der Waals surface area contributed by atoms with E-state index in [1.807, 2.05) is 0 Å². The van der Waals surface area contributed by atoms with E-state index in [1.165, 1.54) is 23.7 Å². The van der Waals surface area contributed by atoms with Gasteiger partial charge < -0.3 is 5.11 Å². The first-order valence-electron chi connectivity index (χ1n) is 3.98. The molecule has 1 nitrogen and oxygen atoms in total.